The smallest absolute Gasteiger partial charge is 0.328 e. The summed E-state index contributed by atoms with van der Waals surface area (Å²) >= 11 is 0. The van der Waals surface area contributed by atoms with Crippen molar-refractivity contribution in [3.63, 3.8) is 0 Å². The van der Waals surface area contributed by atoms with E-state index in [1.807, 2.05) is 0 Å². The minimum atomic E-state index is -0.704. The second kappa shape index (κ2) is 4.56. The largest absolute Gasteiger partial charge is 0.504 e. The van der Waals surface area contributed by atoms with Crippen LogP contribution in [-0.2, 0) is 16.0 Å². The molecule has 1 atom stereocenters. The van der Waals surface area contributed by atoms with E-state index in [-0.39, 0.29) is 11.5 Å². The second-order valence-electron chi connectivity index (χ2n) is 3.93. The number of esters is 1. The molecule has 0 saturated heterocycles. The summed E-state index contributed by atoms with van der Waals surface area (Å²) < 4.78 is 9.57. The van der Waals surface area contributed by atoms with Crippen LogP contribution in [0.3, 0.4) is 0 Å². The van der Waals surface area contributed by atoms with E-state index in [2.05, 4.69) is 10.1 Å². The zero-order valence-electron chi connectivity index (χ0n) is 10.0. The van der Waals surface area contributed by atoms with Crippen molar-refractivity contribution < 1.29 is 24.2 Å². The fourth-order valence-electron chi connectivity index (χ4n) is 1.95. The van der Waals surface area contributed by atoms with E-state index in [1.54, 1.807) is 6.07 Å². The maximum atomic E-state index is 11.8. The maximum absolute atomic E-state index is 11.8. The molecular weight excluding hydrogens is 238 g/mol. The average Bonchev–Trinajstić information content (AvgIpc) is 2.37. The first-order valence-corrected chi connectivity index (χ1v) is 5.35. The van der Waals surface area contributed by atoms with Crippen LogP contribution in [-0.4, -0.2) is 37.2 Å². The first-order valence-electron chi connectivity index (χ1n) is 5.35. The predicted octanol–water partition coefficient (Wildman–Crippen LogP) is 0.228. The van der Waals surface area contributed by atoms with Gasteiger partial charge in [-0.05, 0) is 17.7 Å². The Hall–Kier alpha value is -2.24. The molecule has 0 radical (unpaired) electrons. The van der Waals surface area contributed by atoms with Gasteiger partial charge in [0.05, 0.1) is 14.2 Å². The molecule has 0 spiro atoms. The maximum Gasteiger partial charge on any atom is 0.328 e. The van der Waals surface area contributed by atoms with Crippen molar-refractivity contribution in [1.82, 2.24) is 5.32 Å². The Morgan fingerprint density at radius 3 is 2.78 bits per heavy atom. The Bertz CT molecular complexity index is 511. The van der Waals surface area contributed by atoms with E-state index in [0.29, 0.717) is 17.5 Å². The molecule has 1 aliphatic heterocycles. The van der Waals surface area contributed by atoms with Crippen LogP contribution in [0.4, 0.5) is 0 Å². The Morgan fingerprint density at radius 1 is 1.44 bits per heavy atom. The number of methoxy groups -OCH3 is 2. The number of phenolic OH excluding ortho intramolecular Hbond substituents is 1. The van der Waals surface area contributed by atoms with Gasteiger partial charge >= 0.3 is 5.97 Å². The summed E-state index contributed by atoms with van der Waals surface area (Å²) in [5, 5.41) is 12.1. The van der Waals surface area contributed by atoms with Crippen LogP contribution >= 0.6 is 0 Å². The highest BCUT2D eigenvalue weighted by Crippen LogP contribution is 2.31. The van der Waals surface area contributed by atoms with Gasteiger partial charge in [-0.2, -0.15) is 0 Å². The van der Waals surface area contributed by atoms with Gasteiger partial charge in [0.2, 0.25) is 0 Å². The van der Waals surface area contributed by atoms with E-state index in [1.165, 1.54) is 20.3 Å². The van der Waals surface area contributed by atoms with Gasteiger partial charge in [0.1, 0.15) is 6.04 Å². The van der Waals surface area contributed by atoms with Crippen molar-refractivity contribution >= 4 is 11.9 Å². The lowest BCUT2D eigenvalue weighted by atomic mass is 9.94. The average molecular weight is 251 g/mol. The number of benzene rings is 1. The number of amides is 1. The van der Waals surface area contributed by atoms with Crippen LogP contribution in [0.1, 0.15) is 15.9 Å². The molecule has 18 heavy (non-hydrogen) atoms. The predicted molar refractivity (Wildman–Crippen MR) is 61.6 cm³/mol. The Labute approximate surface area is 104 Å². The van der Waals surface area contributed by atoms with Gasteiger partial charge in [-0.1, -0.05) is 0 Å². The number of carbonyl (C=O) groups is 2. The van der Waals surface area contributed by atoms with Crippen LogP contribution in [0.2, 0.25) is 0 Å². The number of aromatic hydroxyl groups is 1. The molecule has 0 aliphatic carbocycles. The molecule has 0 fully saturated rings. The number of phenols is 1. The summed E-state index contributed by atoms with van der Waals surface area (Å²) in [6, 6.07) is 2.18. The fraction of sp³-hybridized carbons (Fsp3) is 0.333. The molecule has 1 aromatic rings. The summed E-state index contributed by atoms with van der Waals surface area (Å²) in [6.45, 7) is 0. The third-order valence-corrected chi connectivity index (χ3v) is 2.86. The highest BCUT2D eigenvalue weighted by atomic mass is 16.5. The third-order valence-electron chi connectivity index (χ3n) is 2.86. The van der Waals surface area contributed by atoms with E-state index in [0.717, 1.165) is 0 Å². The lowest BCUT2D eigenvalue weighted by molar-refractivity contribution is -0.142. The molecule has 1 aliphatic rings. The van der Waals surface area contributed by atoms with Crippen molar-refractivity contribution in [2.24, 2.45) is 0 Å². The molecular formula is C12H13NO5. The van der Waals surface area contributed by atoms with Crippen molar-refractivity contribution in [3.8, 4) is 11.5 Å². The molecule has 0 saturated carbocycles. The number of ether oxygens (including phenoxy) is 2. The van der Waals surface area contributed by atoms with Crippen LogP contribution in [0.5, 0.6) is 11.5 Å². The normalized spacial score (nSPS) is 17.7. The van der Waals surface area contributed by atoms with Gasteiger partial charge in [0.15, 0.2) is 11.5 Å². The highest BCUT2D eigenvalue weighted by molar-refractivity contribution is 6.00. The van der Waals surface area contributed by atoms with E-state index in [9.17, 15) is 14.7 Å². The second-order valence-corrected chi connectivity index (χ2v) is 3.93. The Kier molecular flexibility index (Phi) is 3.10. The summed E-state index contributed by atoms with van der Waals surface area (Å²) in [7, 11) is 2.68. The van der Waals surface area contributed by atoms with Gasteiger partial charge in [-0.3, -0.25) is 4.79 Å². The molecule has 96 valence electrons. The number of hydrogen-bond acceptors (Lipinski definition) is 5. The van der Waals surface area contributed by atoms with E-state index in [4.69, 9.17) is 4.74 Å². The number of nitrogens with one attached hydrogen (secondary N) is 1. The SMILES string of the molecule is COC(=O)C1Cc2cc(OC)c(O)cc2C(=O)N1. The van der Waals surface area contributed by atoms with Gasteiger partial charge in [0, 0.05) is 12.0 Å². The van der Waals surface area contributed by atoms with Gasteiger partial charge < -0.3 is 19.9 Å². The van der Waals surface area contributed by atoms with Crippen molar-refractivity contribution in [2.45, 2.75) is 12.5 Å². The van der Waals surface area contributed by atoms with E-state index < -0.39 is 17.9 Å². The molecule has 1 amide bonds. The van der Waals surface area contributed by atoms with Crippen LogP contribution in [0, 0.1) is 0 Å². The van der Waals surface area contributed by atoms with Crippen LogP contribution in [0.25, 0.3) is 0 Å². The standard InChI is InChI=1S/C12H13NO5/c1-17-10-4-6-3-8(12(16)18-2)13-11(15)7(6)5-9(10)14/h4-5,8,14H,3H2,1-2H3,(H,13,15). The van der Waals surface area contributed by atoms with Crippen LogP contribution in [0.15, 0.2) is 12.1 Å². The minimum absolute atomic E-state index is 0.108. The summed E-state index contributed by atoms with van der Waals surface area (Å²) in [5.41, 5.74) is 0.984. The zero-order valence-corrected chi connectivity index (χ0v) is 10.0. The van der Waals surface area contributed by atoms with Crippen molar-refractivity contribution in [3.05, 3.63) is 23.3 Å². The molecule has 6 heteroatoms. The molecule has 2 N–H and O–H groups in total. The fourth-order valence-corrected chi connectivity index (χ4v) is 1.95. The topological polar surface area (TPSA) is 84.9 Å². The molecule has 6 nitrogen and oxygen atoms in total. The zero-order chi connectivity index (χ0) is 13.3. The van der Waals surface area contributed by atoms with Gasteiger partial charge in [0.25, 0.3) is 5.91 Å². The highest BCUT2D eigenvalue weighted by Gasteiger charge is 2.30. The number of carbonyl (C=O) groups excluding carboxylic acids is 2. The Balaban J connectivity index is 2.40. The molecule has 1 unspecified atom stereocenters. The van der Waals surface area contributed by atoms with Crippen molar-refractivity contribution in [1.29, 1.82) is 0 Å². The minimum Gasteiger partial charge on any atom is -0.504 e. The molecule has 0 bridgehead atoms. The summed E-state index contributed by atoms with van der Waals surface area (Å²) in [4.78, 5) is 23.2. The van der Waals surface area contributed by atoms with Crippen LogP contribution < -0.4 is 10.1 Å². The molecule has 0 aromatic heterocycles. The van der Waals surface area contributed by atoms with Gasteiger partial charge in [-0.15, -0.1) is 0 Å². The number of hydrogen-bond donors (Lipinski definition) is 2. The first-order chi connectivity index (χ1) is 8.56. The van der Waals surface area contributed by atoms with Gasteiger partial charge in [-0.25, -0.2) is 4.79 Å². The lowest BCUT2D eigenvalue weighted by Crippen LogP contribution is -2.46. The lowest BCUT2D eigenvalue weighted by Gasteiger charge is -2.24. The van der Waals surface area contributed by atoms with Crippen molar-refractivity contribution in [2.75, 3.05) is 14.2 Å². The summed E-state index contributed by atoms with van der Waals surface area (Å²) in [6.07, 6.45) is 0.310. The third kappa shape index (κ3) is 1.97. The monoisotopic (exact) mass is 251 g/mol. The first kappa shape index (κ1) is 12.2. The number of fused-ring (bicyclic) bond motifs is 1. The molecule has 2 rings (SSSR count). The summed E-state index contributed by atoms with van der Waals surface area (Å²) in [5.74, 6) is -0.749. The van der Waals surface area contributed by atoms with E-state index >= 15 is 0 Å². The number of rotatable bonds is 2. The molecule has 1 heterocycles. The Morgan fingerprint density at radius 2 is 2.17 bits per heavy atom. The molecule has 1 aromatic carbocycles. The quantitative estimate of drug-likeness (QED) is 0.735.